The van der Waals surface area contributed by atoms with Crippen LogP contribution in [0.4, 0.5) is 10.5 Å². The SMILES string of the molecule is CCCCCCCCCCN1CCN(C(=O)N2Cc3ccccc3Oc3ccc(Cl)cc32)CC1. The van der Waals surface area contributed by atoms with Crippen molar-refractivity contribution in [1.29, 1.82) is 0 Å². The first-order chi connectivity index (χ1) is 16.7. The van der Waals surface area contributed by atoms with Crippen LogP contribution in [0.3, 0.4) is 0 Å². The first kappa shape index (κ1) is 24.9. The van der Waals surface area contributed by atoms with Gasteiger partial charge in [-0.05, 0) is 37.2 Å². The minimum Gasteiger partial charge on any atom is -0.455 e. The van der Waals surface area contributed by atoms with Crippen LogP contribution in [-0.2, 0) is 6.54 Å². The van der Waals surface area contributed by atoms with Crippen LogP contribution in [0.5, 0.6) is 11.5 Å². The summed E-state index contributed by atoms with van der Waals surface area (Å²) in [6.07, 6.45) is 10.8. The summed E-state index contributed by atoms with van der Waals surface area (Å²) in [5.41, 5.74) is 1.73. The molecule has 0 N–H and O–H groups in total. The Morgan fingerprint density at radius 3 is 2.35 bits per heavy atom. The van der Waals surface area contributed by atoms with E-state index < -0.39 is 0 Å². The lowest BCUT2D eigenvalue weighted by molar-refractivity contribution is 0.141. The van der Waals surface area contributed by atoms with Gasteiger partial charge in [0.2, 0.25) is 0 Å². The fraction of sp³-hybridized carbons (Fsp3) is 0.536. The van der Waals surface area contributed by atoms with Gasteiger partial charge in [-0.3, -0.25) is 9.80 Å². The van der Waals surface area contributed by atoms with Crippen molar-refractivity contribution in [2.45, 2.75) is 64.8 Å². The van der Waals surface area contributed by atoms with Crippen LogP contribution in [-0.4, -0.2) is 48.6 Å². The number of unbranched alkanes of at least 4 members (excludes halogenated alkanes) is 7. The van der Waals surface area contributed by atoms with E-state index in [9.17, 15) is 4.79 Å². The van der Waals surface area contributed by atoms with E-state index >= 15 is 0 Å². The number of nitrogens with zero attached hydrogens (tertiary/aromatic N) is 3. The molecule has 0 aromatic heterocycles. The van der Waals surface area contributed by atoms with E-state index in [1.807, 2.05) is 46.2 Å². The number of fused-ring (bicyclic) bond motifs is 2. The first-order valence-electron chi connectivity index (χ1n) is 13.0. The Morgan fingerprint density at radius 1 is 0.882 bits per heavy atom. The van der Waals surface area contributed by atoms with E-state index in [4.69, 9.17) is 16.3 Å². The van der Waals surface area contributed by atoms with Crippen LogP contribution in [0.1, 0.15) is 63.9 Å². The lowest BCUT2D eigenvalue weighted by Gasteiger charge is -2.37. The van der Waals surface area contributed by atoms with Gasteiger partial charge < -0.3 is 9.64 Å². The average molecular weight is 484 g/mol. The molecule has 2 aliphatic rings. The number of hydrogen-bond donors (Lipinski definition) is 0. The molecule has 34 heavy (non-hydrogen) atoms. The number of para-hydroxylation sites is 1. The number of amides is 2. The summed E-state index contributed by atoms with van der Waals surface area (Å²) < 4.78 is 6.15. The summed E-state index contributed by atoms with van der Waals surface area (Å²) in [4.78, 5) is 19.9. The number of urea groups is 1. The number of ether oxygens (including phenoxy) is 1. The van der Waals surface area contributed by atoms with Crippen LogP contribution in [0.15, 0.2) is 42.5 Å². The van der Waals surface area contributed by atoms with Crippen molar-refractivity contribution in [2.24, 2.45) is 0 Å². The van der Waals surface area contributed by atoms with E-state index in [0.29, 0.717) is 17.3 Å². The van der Waals surface area contributed by atoms with Crippen molar-refractivity contribution in [3.05, 3.63) is 53.1 Å². The highest BCUT2D eigenvalue weighted by Crippen LogP contribution is 2.40. The third-order valence-electron chi connectivity index (χ3n) is 6.93. The van der Waals surface area contributed by atoms with Gasteiger partial charge in [0.25, 0.3) is 0 Å². The van der Waals surface area contributed by atoms with Gasteiger partial charge in [-0.15, -0.1) is 0 Å². The zero-order valence-corrected chi connectivity index (χ0v) is 21.2. The van der Waals surface area contributed by atoms with E-state index in [1.165, 1.54) is 51.4 Å². The summed E-state index contributed by atoms with van der Waals surface area (Å²) in [5, 5.41) is 0.598. The number of rotatable bonds is 9. The van der Waals surface area contributed by atoms with Gasteiger partial charge in [-0.25, -0.2) is 4.79 Å². The van der Waals surface area contributed by atoms with Crippen LogP contribution in [0, 0.1) is 0 Å². The van der Waals surface area contributed by atoms with Crippen molar-refractivity contribution in [3.63, 3.8) is 0 Å². The fourth-order valence-corrected chi connectivity index (χ4v) is 5.04. The molecule has 2 heterocycles. The quantitative estimate of drug-likeness (QED) is 0.350. The number of hydrogen-bond acceptors (Lipinski definition) is 3. The molecule has 1 fully saturated rings. The van der Waals surface area contributed by atoms with Crippen molar-refractivity contribution >= 4 is 23.3 Å². The molecule has 4 rings (SSSR count). The fourth-order valence-electron chi connectivity index (χ4n) is 4.87. The monoisotopic (exact) mass is 483 g/mol. The molecule has 0 saturated carbocycles. The highest BCUT2D eigenvalue weighted by Gasteiger charge is 2.30. The molecule has 0 atom stereocenters. The lowest BCUT2D eigenvalue weighted by atomic mass is 10.1. The molecule has 2 amide bonds. The Hall–Kier alpha value is -2.24. The van der Waals surface area contributed by atoms with Gasteiger partial charge in [-0.1, -0.05) is 81.7 Å². The molecule has 6 heteroatoms. The molecule has 0 unspecified atom stereocenters. The van der Waals surface area contributed by atoms with Gasteiger partial charge in [0.1, 0.15) is 5.75 Å². The largest absolute Gasteiger partial charge is 0.455 e. The second-order valence-corrected chi connectivity index (χ2v) is 9.93. The predicted octanol–water partition coefficient (Wildman–Crippen LogP) is 7.33. The minimum atomic E-state index is 0.0237. The molecule has 0 radical (unpaired) electrons. The van der Waals surface area contributed by atoms with Gasteiger partial charge >= 0.3 is 6.03 Å². The van der Waals surface area contributed by atoms with Crippen LogP contribution in [0.2, 0.25) is 5.02 Å². The number of piperazine rings is 1. The van der Waals surface area contributed by atoms with Crippen LogP contribution < -0.4 is 9.64 Å². The molecule has 0 spiro atoms. The Balaban J connectivity index is 1.30. The van der Waals surface area contributed by atoms with E-state index in [-0.39, 0.29) is 6.03 Å². The van der Waals surface area contributed by atoms with Crippen LogP contribution >= 0.6 is 11.6 Å². The topological polar surface area (TPSA) is 36.0 Å². The summed E-state index contributed by atoms with van der Waals surface area (Å²) in [6, 6.07) is 13.4. The molecular formula is C28H38ClN3O2. The van der Waals surface area contributed by atoms with Crippen molar-refractivity contribution in [2.75, 3.05) is 37.6 Å². The summed E-state index contributed by atoms with van der Waals surface area (Å²) in [6.45, 7) is 7.26. The highest BCUT2D eigenvalue weighted by atomic mass is 35.5. The molecule has 0 bridgehead atoms. The van der Waals surface area contributed by atoms with Gasteiger partial charge in [-0.2, -0.15) is 0 Å². The lowest BCUT2D eigenvalue weighted by Crippen LogP contribution is -2.52. The van der Waals surface area contributed by atoms with Crippen molar-refractivity contribution < 1.29 is 9.53 Å². The third-order valence-corrected chi connectivity index (χ3v) is 7.17. The van der Waals surface area contributed by atoms with E-state index in [0.717, 1.165) is 49.7 Å². The smallest absolute Gasteiger partial charge is 0.325 e. The number of halogens is 1. The second-order valence-electron chi connectivity index (χ2n) is 9.49. The van der Waals surface area contributed by atoms with Crippen molar-refractivity contribution in [3.8, 4) is 11.5 Å². The second kappa shape index (κ2) is 12.5. The number of carbonyl (C=O) groups excluding carboxylic acids is 1. The number of carbonyl (C=O) groups is 1. The molecule has 2 aliphatic heterocycles. The predicted molar refractivity (Wildman–Crippen MR) is 140 cm³/mol. The minimum absolute atomic E-state index is 0.0237. The van der Waals surface area contributed by atoms with Gasteiger partial charge in [0.15, 0.2) is 5.75 Å². The average Bonchev–Trinajstić information content (AvgIpc) is 3.02. The first-order valence-corrected chi connectivity index (χ1v) is 13.4. The molecule has 0 aliphatic carbocycles. The summed E-state index contributed by atoms with van der Waals surface area (Å²) in [5.74, 6) is 1.45. The van der Waals surface area contributed by atoms with E-state index in [1.54, 1.807) is 6.07 Å². The maximum Gasteiger partial charge on any atom is 0.325 e. The van der Waals surface area contributed by atoms with Gasteiger partial charge in [0.05, 0.1) is 12.2 Å². The molecule has 1 saturated heterocycles. The van der Waals surface area contributed by atoms with E-state index in [2.05, 4.69) is 11.8 Å². The molecule has 2 aromatic carbocycles. The molecular weight excluding hydrogens is 446 g/mol. The Morgan fingerprint density at radius 2 is 1.59 bits per heavy atom. The molecule has 184 valence electrons. The number of benzene rings is 2. The Labute approximate surface area is 209 Å². The normalized spacial score (nSPS) is 15.9. The Kier molecular flexibility index (Phi) is 9.11. The number of anilines is 1. The maximum absolute atomic E-state index is 13.6. The molecule has 5 nitrogen and oxygen atoms in total. The van der Waals surface area contributed by atoms with Crippen LogP contribution in [0.25, 0.3) is 0 Å². The maximum atomic E-state index is 13.6. The molecule has 2 aromatic rings. The Bertz CT molecular complexity index is 943. The zero-order valence-electron chi connectivity index (χ0n) is 20.5. The standard InChI is InChI=1S/C28H38ClN3O2/c1-2-3-4-5-6-7-8-11-16-30-17-19-31(20-18-30)28(33)32-22-23-12-9-10-13-26(23)34-27-15-14-24(29)21-25(27)32/h9-10,12-15,21H,2-8,11,16-20,22H2,1H3. The highest BCUT2D eigenvalue weighted by molar-refractivity contribution is 6.31. The van der Waals surface area contributed by atoms with Crippen molar-refractivity contribution in [1.82, 2.24) is 9.80 Å². The summed E-state index contributed by atoms with van der Waals surface area (Å²) in [7, 11) is 0. The summed E-state index contributed by atoms with van der Waals surface area (Å²) >= 11 is 6.30. The third kappa shape index (κ3) is 6.45. The van der Waals surface area contributed by atoms with Gasteiger partial charge in [0, 0.05) is 36.8 Å². The zero-order chi connectivity index (χ0) is 23.8.